The normalized spacial score (nSPS) is 12.2. The van der Waals surface area contributed by atoms with E-state index in [0.29, 0.717) is 15.8 Å². The lowest BCUT2D eigenvalue weighted by Crippen LogP contribution is -2.33. The smallest absolute Gasteiger partial charge is 0.230 e. The second kappa shape index (κ2) is 7.14. The third kappa shape index (κ3) is 5.19. The van der Waals surface area contributed by atoms with Crippen molar-refractivity contribution in [3.8, 4) is 0 Å². The quantitative estimate of drug-likeness (QED) is 0.831. The van der Waals surface area contributed by atoms with Gasteiger partial charge in [-0.1, -0.05) is 30.1 Å². The maximum atomic E-state index is 11.6. The van der Waals surface area contributed by atoms with Crippen molar-refractivity contribution in [1.82, 2.24) is 5.32 Å². The summed E-state index contributed by atoms with van der Waals surface area (Å²) in [6.07, 6.45) is 0.925. The number of carbonyl (C=O) groups excluding carboxylic acids is 1. The van der Waals surface area contributed by atoms with Crippen molar-refractivity contribution in [1.29, 1.82) is 0 Å². The molecule has 0 aromatic heterocycles. The fourth-order valence-electron chi connectivity index (χ4n) is 1.15. The van der Waals surface area contributed by atoms with Gasteiger partial charge in [0.25, 0.3) is 0 Å². The minimum Gasteiger partial charge on any atom is -0.353 e. The van der Waals surface area contributed by atoms with Gasteiger partial charge in [-0.05, 0) is 31.5 Å². The monoisotopic (exact) mass is 291 g/mol. The molecule has 1 N–H and O–H groups in total. The van der Waals surface area contributed by atoms with E-state index in [1.54, 1.807) is 18.2 Å². The third-order valence-corrected chi connectivity index (χ3v) is 4.00. The molecule has 1 rings (SSSR count). The lowest BCUT2D eigenvalue weighted by molar-refractivity contribution is -0.119. The van der Waals surface area contributed by atoms with E-state index in [9.17, 15) is 4.79 Å². The van der Waals surface area contributed by atoms with Gasteiger partial charge in [-0.15, -0.1) is 11.8 Å². The molecule has 0 aliphatic carbocycles. The standard InChI is InChI=1S/C12H15Cl2NOS/c1-3-8(2)15-12(16)7-17-11-6-9(13)4-5-10(11)14/h4-6,8H,3,7H2,1-2H3,(H,15,16)/t8-/m0/s1. The zero-order chi connectivity index (χ0) is 12.8. The summed E-state index contributed by atoms with van der Waals surface area (Å²) in [4.78, 5) is 12.4. The highest BCUT2D eigenvalue weighted by Crippen LogP contribution is 2.29. The minimum atomic E-state index is 0.0143. The van der Waals surface area contributed by atoms with Gasteiger partial charge in [-0.3, -0.25) is 4.79 Å². The highest BCUT2D eigenvalue weighted by Gasteiger charge is 2.08. The van der Waals surface area contributed by atoms with Crippen LogP contribution < -0.4 is 5.32 Å². The molecular formula is C12H15Cl2NOS. The van der Waals surface area contributed by atoms with Crippen LogP contribution in [-0.2, 0) is 4.79 Å². The number of nitrogens with one attached hydrogen (secondary N) is 1. The first-order valence-electron chi connectivity index (χ1n) is 5.40. The number of hydrogen-bond acceptors (Lipinski definition) is 2. The van der Waals surface area contributed by atoms with Crippen LogP contribution in [0.2, 0.25) is 10.0 Å². The van der Waals surface area contributed by atoms with E-state index < -0.39 is 0 Å². The maximum absolute atomic E-state index is 11.6. The SMILES string of the molecule is CC[C@H](C)NC(=O)CSc1cc(Cl)ccc1Cl. The summed E-state index contributed by atoms with van der Waals surface area (Å²) in [6, 6.07) is 5.44. The molecule has 0 aliphatic rings. The fraction of sp³-hybridized carbons (Fsp3) is 0.417. The summed E-state index contributed by atoms with van der Waals surface area (Å²) in [5.41, 5.74) is 0. The number of rotatable bonds is 5. The van der Waals surface area contributed by atoms with Gasteiger partial charge in [0, 0.05) is 16.0 Å². The van der Waals surface area contributed by atoms with Crippen LogP contribution in [0.3, 0.4) is 0 Å². The highest BCUT2D eigenvalue weighted by molar-refractivity contribution is 8.00. The van der Waals surface area contributed by atoms with E-state index >= 15 is 0 Å². The molecule has 0 saturated carbocycles. The van der Waals surface area contributed by atoms with Crippen LogP contribution in [0.5, 0.6) is 0 Å². The summed E-state index contributed by atoms with van der Waals surface area (Å²) in [7, 11) is 0. The van der Waals surface area contributed by atoms with E-state index in [4.69, 9.17) is 23.2 Å². The molecule has 17 heavy (non-hydrogen) atoms. The van der Waals surface area contributed by atoms with Crippen molar-refractivity contribution in [3.63, 3.8) is 0 Å². The highest BCUT2D eigenvalue weighted by atomic mass is 35.5. The average molecular weight is 292 g/mol. The fourth-order valence-corrected chi connectivity index (χ4v) is 2.45. The number of thioether (sulfide) groups is 1. The number of benzene rings is 1. The molecule has 0 heterocycles. The molecule has 1 aromatic carbocycles. The zero-order valence-electron chi connectivity index (χ0n) is 9.80. The van der Waals surface area contributed by atoms with E-state index in [2.05, 4.69) is 5.32 Å². The van der Waals surface area contributed by atoms with Crippen LogP contribution in [0.15, 0.2) is 23.1 Å². The first-order valence-corrected chi connectivity index (χ1v) is 7.14. The van der Waals surface area contributed by atoms with Gasteiger partial charge in [0.05, 0.1) is 10.8 Å². The van der Waals surface area contributed by atoms with Gasteiger partial charge in [-0.2, -0.15) is 0 Å². The van der Waals surface area contributed by atoms with Crippen molar-refractivity contribution < 1.29 is 4.79 Å². The molecular weight excluding hydrogens is 277 g/mol. The van der Waals surface area contributed by atoms with Gasteiger partial charge in [-0.25, -0.2) is 0 Å². The maximum Gasteiger partial charge on any atom is 0.230 e. The topological polar surface area (TPSA) is 29.1 Å². The van der Waals surface area contributed by atoms with Gasteiger partial charge in [0.1, 0.15) is 0 Å². The van der Waals surface area contributed by atoms with Crippen molar-refractivity contribution in [3.05, 3.63) is 28.2 Å². The summed E-state index contributed by atoms with van der Waals surface area (Å²) in [6.45, 7) is 4.01. The largest absolute Gasteiger partial charge is 0.353 e. The van der Waals surface area contributed by atoms with Gasteiger partial charge in [0.15, 0.2) is 0 Å². The lowest BCUT2D eigenvalue weighted by atomic mass is 10.3. The summed E-state index contributed by atoms with van der Waals surface area (Å²) in [5, 5.41) is 4.14. The molecule has 1 aromatic rings. The molecule has 0 spiro atoms. The molecule has 2 nitrogen and oxygen atoms in total. The Bertz CT molecular complexity index is 398. The zero-order valence-corrected chi connectivity index (χ0v) is 12.1. The Balaban J connectivity index is 2.50. The van der Waals surface area contributed by atoms with Crippen LogP contribution in [0.1, 0.15) is 20.3 Å². The summed E-state index contributed by atoms with van der Waals surface area (Å²) in [5.74, 6) is 0.366. The Morgan fingerprint density at radius 3 is 2.82 bits per heavy atom. The lowest BCUT2D eigenvalue weighted by Gasteiger charge is -2.11. The number of amides is 1. The number of carbonyl (C=O) groups is 1. The molecule has 5 heteroatoms. The van der Waals surface area contributed by atoms with Crippen molar-refractivity contribution in [2.75, 3.05) is 5.75 Å². The van der Waals surface area contributed by atoms with Crippen LogP contribution in [0.25, 0.3) is 0 Å². The molecule has 0 unspecified atom stereocenters. The predicted molar refractivity (Wildman–Crippen MR) is 75.1 cm³/mol. The van der Waals surface area contributed by atoms with Crippen LogP contribution in [0.4, 0.5) is 0 Å². The van der Waals surface area contributed by atoms with Gasteiger partial charge >= 0.3 is 0 Å². The molecule has 0 saturated heterocycles. The Morgan fingerprint density at radius 1 is 1.47 bits per heavy atom. The van der Waals surface area contributed by atoms with Gasteiger partial charge in [0.2, 0.25) is 5.91 Å². The molecule has 1 atom stereocenters. The molecule has 94 valence electrons. The Morgan fingerprint density at radius 2 is 2.18 bits per heavy atom. The summed E-state index contributed by atoms with van der Waals surface area (Å²) >= 11 is 13.3. The van der Waals surface area contributed by atoms with E-state index in [1.807, 2.05) is 13.8 Å². The first kappa shape index (κ1) is 14.7. The minimum absolute atomic E-state index is 0.0143. The number of halogens is 2. The molecule has 0 radical (unpaired) electrons. The first-order chi connectivity index (χ1) is 8.02. The summed E-state index contributed by atoms with van der Waals surface area (Å²) < 4.78 is 0. The Hall–Kier alpha value is -0.380. The second-order valence-electron chi connectivity index (χ2n) is 3.74. The molecule has 0 fully saturated rings. The average Bonchev–Trinajstić information content (AvgIpc) is 2.30. The van der Waals surface area contributed by atoms with Crippen molar-refractivity contribution in [2.24, 2.45) is 0 Å². The van der Waals surface area contributed by atoms with E-state index in [0.717, 1.165) is 11.3 Å². The Kier molecular flexibility index (Phi) is 6.17. The van der Waals surface area contributed by atoms with Crippen LogP contribution >= 0.6 is 35.0 Å². The van der Waals surface area contributed by atoms with E-state index in [-0.39, 0.29) is 11.9 Å². The Labute approximate surface area is 116 Å². The van der Waals surface area contributed by atoms with Crippen LogP contribution in [-0.4, -0.2) is 17.7 Å². The van der Waals surface area contributed by atoms with Crippen molar-refractivity contribution in [2.45, 2.75) is 31.2 Å². The predicted octanol–water partition coefficient (Wildman–Crippen LogP) is 4.00. The molecule has 0 bridgehead atoms. The third-order valence-electron chi connectivity index (χ3n) is 2.27. The second-order valence-corrected chi connectivity index (χ2v) is 5.60. The van der Waals surface area contributed by atoms with Crippen molar-refractivity contribution >= 4 is 40.9 Å². The van der Waals surface area contributed by atoms with Crippen LogP contribution in [0, 0.1) is 0 Å². The van der Waals surface area contributed by atoms with E-state index in [1.165, 1.54) is 11.8 Å². The van der Waals surface area contributed by atoms with Gasteiger partial charge < -0.3 is 5.32 Å². The number of hydrogen-bond donors (Lipinski definition) is 1. The molecule has 0 aliphatic heterocycles. The molecule has 1 amide bonds.